The molecule has 0 fully saturated rings. The number of nitrogens with zero attached hydrogens (tertiary/aromatic N) is 2. The standard InChI is InChI=1S/C23H22ClF3N2O9/c1-3-34-21(31)14(2)37-20(30)13-36-28-11-15-4-6-16(7-5-15)12-35-22(29(32)33)38-19-9-8-17(10-18(19)24)23(25,26)27/h4-11,14,22H,3,12-13H2,1-2H3/b28-11+. The number of oxime groups is 1. The summed E-state index contributed by atoms with van der Waals surface area (Å²) >= 11 is 5.76. The predicted molar refractivity (Wildman–Crippen MR) is 125 cm³/mol. The van der Waals surface area contributed by atoms with Crippen molar-refractivity contribution in [1.82, 2.24) is 0 Å². The van der Waals surface area contributed by atoms with Crippen molar-refractivity contribution in [2.24, 2.45) is 5.16 Å². The van der Waals surface area contributed by atoms with E-state index in [0.29, 0.717) is 23.3 Å². The van der Waals surface area contributed by atoms with Crippen molar-refractivity contribution in [3.05, 3.63) is 74.3 Å². The zero-order valence-corrected chi connectivity index (χ0v) is 20.7. The fourth-order valence-electron chi connectivity index (χ4n) is 2.61. The van der Waals surface area contributed by atoms with E-state index in [1.54, 1.807) is 31.2 Å². The van der Waals surface area contributed by atoms with Gasteiger partial charge in [-0.3, -0.25) is 14.9 Å². The molecule has 2 atom stereocenters. The highest BCUT2D eigenvalue weighted by Crippen LogP contribution is 2.35. The summed E-state index contributed by atoms with van der Waals surface area (Å²) in [6.45, 7) is 2.30. The van der Waals surface area contributed by atoms with Gasteiger partial charge in [0.05, 0.1) is 34.9 Å². The SMILES string of the molecule is CCOC(=O)C(C)OC(=O)CO/N=C/c1ccc(COC(Oc2ccc(C(F)(F)F)cc2Cl)[N+](=O)[O-])cc1. The summed E-state index contributed by atoms with van der Waals surface area (Å²) in [6, 6.07) is 8.38. The average molecular weight is 563 g/mol. The Bertz CT molecular complexity index is 1140. The molecule has 206 valence electrons. The smallest absolute Gasteiger partial charge is 0.463 e. The first-order valence-corrected chi connectivity index (χ1v) is 11.2. The third-order valence-corrected chi connectivity index (χ3v) is 4.71. The highest BCUT2D eigenvalue weighted by atomic mass is 35.5. The van der Waals surface area contributed by atoms with E-state index in [1.807, 2.05) is 0 Å². The summed E-state index contributed by atoms with van der Waals surface area (Å²) in [5.74, 6) is -1.87. The van der Waals surface area contributed by atoms with Gasteiger partial charge in [-0.15, -0.1) is 0 Å². The maximum absolute atomic E-state index is 12.8. The minimum atomic E-state index is -4.64. The number of esters is 2. The lowest BCUT2D eigenvalue weighted by Crippen LogP contribution is -2.29. The second kappa shape index (κ2) is 14.1. The molecule has 0 saturated heterocycles. The molecule has 0 saturated carbocycles. The Morgan fingerprint density at radius 1 is 1.18 bits per heavy atom. The molecule has 0 N–H and O–H groups in total. The molecule has 2 aromatic carbocycles. The van der Waals surface area contributed by atoms with Crippen LogP contribution in [-0.4, -0.2) is 48.8 Å². The summed E-state index contributed by atoms with van der Waals surface area (Å²) in [5.41, 5.74) is 0.000156. The van der Waals surface area contributed by atoms with Gasteiger partial charge in [0, 0.05) is 0 Å². The maximum atomic E-state index is 12.8. The zero-order chi connectivity index (χ0) is 28.3. The van der Waals surface area contributed by atoms with Crippen LogP contribution in [0.25, 0.3) is 0 Å². The summed E-state index contributed by atoms with van der Waals surface area (Å²) in [6.07, 6.45) is -6.48. The molecule has 2 aromatic rings. The first-order valence-electron chi connectivity index (χ1n) is 10.8. The van der Waals surface area contributed by atoms with E-state index in [4.69, 9.17) is 35.4 Å². The molecule has 15 heteroatoms. The van der Waals surface area contributed by atoms with E-state index in [2.05, 4.69) is 5.16 Å². The molecule has 0 bridgehead atoms. The predicted octanol–water partition coefficient (Wildman–Crippen LogP) is 4.36. The summed E-state index contributed by atoms with van der Waals surface area (Å²) < 4.78 is 58.0. The lowest BCUT2D eigenvalue weighted by Gasteiger charge is -2.14. The van der Waals surface area contributed by atoms with Crippen LogP contribution >= 0.6 is 11.6 Å². The Hall–Kier alpha value is -3.91. The fourth-order valence-corrected chi connectivity index (χ4v) is 2.84. The van der Waals surface area contributed by atoms with Crippen molar-refractivity contribution in [3.63, 3.8) is 0 Å². The van der Waals surface area contributed by atoms with Crippen LogP contribution in [0.15, 0.2) is 47.6 Å². The second-order valence-corrected chi connectivity index (χ2v) is 7.71. The van der Waals surface area contributed by atoms with Gasteiger partial charge < -0.3 is 19.0 Å². The lowest BCUT2D eigenvalue weighted by molar-refractivity contribution is -0.621. The number of nitro groups is 1. The van der Waals surface area contributed by atoms with Crippen LogP contribution in [0.5, 0.6) is 5.75 Å². The van der Waals surface area contributed by atoms with E-state index < -0.39 is 52.7 Å². The number of hydrogen-bond donors (Lipinski definition) is 0. The molecule has 2 unspecified atom stereocenters. The molecule has 0 amide bonds. The van der Waals surface area contributed by atoms with Gasteiger partial charge in [0.25, 0.3) is 0 Å². The average Bonchev–Trinajstić information content (AvgIpc) is 2.85. The number of rotatable bonds is 13. The molecule has 2 rings (SSSR count). The van der Waals surface area contributed by atoms with Gasteiger partial charge in [0.1, 0.15) is 5.75 Å². The maximum Gasteiger partial charge on any atom is 0.475 e. The van der Waals surface area contributed by atoms with Crippen LogP contribution in [0, 0.1) is 10.1 Å². The van der Waals surface area contributed by atoms with E-state index >= 15 is 0 Å². The Labute approximate surface area is 219 Å². The molecule has 0 aliphatic rings. The summed E-state index contributed by atoms with van der Waals surface area (Å²) in [4.78, 5) is 38.2. The topological polar surface area (TPSA) is 136 Å². The minimum Gasteiger partial charge on any atom is -0.463 e. The van der Waals surface area contributed by atoms with E-state index in [9.17, 15) is 32.9 Å². The van der Waals surface area contributed by atoms with Crippen LogP contribution in [0.4, 0.5) is 13.2 Å². The highest BCUT2D eigenvalue weighted by Gasteiger charge is 2.32. The van der Waals surface area contributed by atoms with Crippen LogP contribution in [0.1, 0.15) is 30.5 Å². The normalized spacial score (nSPS) is 13.0. The van der Waals surface area contributed by atoms with E-state index in [1.165, 1.54) is 13.1 Å². The largest absolute Gasteiger partial charge is 0.475 e. The van der Waals surface area contributed by atoms with Gasteiger partial charge in [-0.05, 0) is 43.2 Å². The Morgan fingerprint density at radius 2 is 1.87 bits per heavy atom. The van der Waals surface area contributed by atoms with Crippen molar-refractivity contribution < 1.29 is 51.5 Å². The molecule has 0 radical (unpaired) electrons. The molecule has 38 heavy (non-hydrogen) atoms. The molecule has 0 aliphatic heterocycles. The molecular weight excluding hydrogens is 541 g/mol. The highest BCUT2D eigenvalue weighted by molar-refractivity contribution is 6.32. The van der Waals surface area contributed by atoms with Gasteiger partial charge in [0.2, 0.25) is 6.61 Å². The first kappa shape index (κ1) is 30.3. The van der Waals surface area contributed by atoms with Crippen molar-refractivity contribution in [2.75, 3.05) is 13.2 Å². The number of hydrogen-bond acceptors (Lipinski definition) is 10. The van der Waals surface area contributed by atoms with Crippen LogP contribution in [0.2, 0.25) is 5.02 Å². The number of ether oxygens (including phenoxy) is 4. The molecule has 0 aliphatic carbocycles. The van der Waals surface area contributed by atoms with Crippen molar-refractivity contribution in [3.8, 4) is 5.75 Å². The van der Waals surface area contributed by atoms with Gasteiger partial charge in [0.15, 0.2) is 6.10 Å². The van der Waals surface area contributed by atoms with Crippen molar-refractivity contribution >= 4 is 29.8 Å². The quantitative estimate of drug-likeness (QED) is 0.115. The summed E-state index contributed by atoms with van der Waals surface area (Å²) in [5, 5.41) is 14.4. The van der Waals surface area contributed by atoms with Crippen molar-refractivity contribution in [2.45, 2.75) is 39.1 Å². The second-order valence-electron chi connectivity index (χ2n) is 7.30. The molecule has 0 spiro atoms. The number of benzene rings is 2. The van der Waals surface area contributed by atoms with Crippen LogP contribution < -0.4 is 4.74 Å². The van der Waals surface area contributed by atoms with Gasteiger partial charge in [-0.25, -0.2) is 9.59 Å². The third-order valence-electron chi connectivity index (χ3n) is 4.42. The van der Waals surface area contributed by atoms with Gasteiger partial charge in [-0.2, -0.15) is 13.2 Å². The lowest BCUT2D eigenvalue weighted by atomic mass is 10.1. The summed E-state index contributed by atoms with van der Waals surface area (Å²) in [7, 11) is 0. The number of carbonyl (C=O) groups excluding carboxylic acids is 2. The zero-order valence-electron chi connectivity index (χ0n) is 20.0. The number of carbonyl (C=O) groups is 2. The Kier molecular flexibility index (Phi) is 11.3. The number of halogens is 4. The molecule has 0 heterocycles. The van der Waals surface area contributed by atoms with Crippen LogP contribution in [0.3, 0.4) is 0 Å². The first-order chi connectivity index (χ1) is 17.9. The number of alkyl halides is 3. The van der Waals surface area contributed by atoms with Crippen LogP contribution in [-0.2, 0) is 41.4 Å². The van der Waals surface area contributed by atoms with E-state index in [-0.39, 0.29) is 19.0 Å². The molecule has 0 aromatic heterocycles. The van der Waals surface area contributed by atoms with E-state index in [0.717, 1.165) is 6.07 Å². The monoisotopic (exact) mass is 562 g/mol. The third kappa shape index (κ3) is 9.86. The Balaban J connectivity index is 1.85. The Morgan fingerprint density at radius 3 is 2.45 bits per heavy atom. The minimum absolute atomic E-state index is 0.147. The molecule has 11 nitrogen and oxygen atoms in total. The van der Waals surface area contributed by atoms with Gasteiger partial charge >= 0.3 is 24.5 Å². The van der Waals surface area contributed by atoms with Gasteiger partial charge in [-0.1, -0.05) is 41.0 Å². The fraction of sp³-hybridized carbons (Fsp3) is 0.348. The molecular formula is C23H22ClF3N2O9. The van der Waals surface area contributed by atoms with Crippen molar-refractivity contribution in [1.29, 1.82) is 0 Å².